The average Bonchev–Trinajstić information content (AvgIpc) is 2.60. The zero-order valence-electron chi connectivity index (χ0n) is 15.1. The number of hydrogen-bond acceptors (Lipinski definition) is 4. The highest BCUT2D eigenvalue weighted by molar-refractivity contribution is 6.07. The normalized spacial score (nSPS) is 13.1. The van der Waals surface area contributed by atoms with Crippen molar-refractivity contribution in [2.75, 3.05) is 30.9 Å². The molecule has 2 N–H and O–H groups in total. The molecule has 1 aromatic carbocycles. The summed E-state index contributed by atoms with van der Waals surface area (Å²) in [7, 11) is 3.71. The summed E-state index contributed by atoms with van der Waals surface area (Å²) in [6.07, 6.45) is -0.267. The Hall–Kier alpha value is -3.09. The van der Waals surface area contributed by atoms with Crippen molar-refractivity contribution in [1.29, 1.82) is 0 Å². The molecule has 136 valence electrons. The maximum absolute atomic E-state index is 12.7. The van der Waals surface area contributed by atoms with Crippen LogP contribution in [-0.2, 0) is 13.0 Å². The molecule has 0 spiro atoms. The first kappa shape index (κ1) is 17.7. The van der Waals surface area contributed by atoms with E-state index in [-0.39, 0.29) is 5.91 Å². The second-order valence-electron chi connectivity index (χ2n) is 6.61. The minimum atomic E-state index is -0.906. The molecule has 3 rings (SSSR count). The van der Waals surface area contributed by atoms with Crippen LogP contribution >= 0.6 is 0 Å². The molecule has 1 aromatic heterocycles. The number of pyridine rings is 1. The number of rotatable bonds is 3. The predicted molar refractivity (Wildman–Crippen MR) is 99.8 cm³/mol. The monoisotopic (exact) mass is 354 g/mol. The van der Waals surface area contributed by atoms with Gasteiger partial charge in [-0.1, -0.05) is 6.07 Å². The van der Waals surface area contributed by atoms with Crippen molar-refractivity contribution >= 4 is 23.5 Å². The first-order valence-corrected chi connectivity index (χ1v) is 8.41. The van der Waals surface area contributed by atoms with Crippen LogP contribution in [0.5, 0.6) is 0 Å². The van der Waals surface area contributed by atoms with Gasteiger partial charge in [0.25, 0.3) is 5.91 Å². The lowest BCUT2D eigenvalue weighted by molar-refractivity contribution is 0.102. The number of aromatic nitrogens is 1. The Bertz CT molecular complexity index is 864. The summed E-state index contributed by atoms with van der Waals surface area (Å²) >= 11 is 0. The number of benzene rings is 1. The van der Waals surface area contributed by atoms with Crippen LogP contribution in [0.15, 0.2) is 30.3 Å². The molecule has 0 saturated carbocycles. The second-order valence-corrected chi connectivity index (χ2v) is 6.61. The molecule has 0 bridgehead atoms. The van der Waals surface area contributed by atoms with E-state index in [1.807, 2.05) is 44.1 Å². The Morgan fingerprint density at radius 3 is 2.65 bits per heavy atom. The van der Waals surface area contributed by atoms with Crippen LogP contribution in [0.1, 0.15) is 27.2 Å². The van der Waals surface area contributed by atoms with Gasteiger partial charge in [-0.15, -0.1) is 0 Å². The van der Waals surface area contributed by atoms with Crippen LogP contribution in [0.4, 0.5) is 16.3 Å². The van der Waals surface area contributed by atoms with E-state index in [2.05, 4.69) is 10.3 Å². The lowest BCUT2D eigenvalue weighted by Crippen LogP contribution is -2.34. The smallest absolute Gasteiger partial charge is 0.407 e. The first-order valence-electron chi connectivity index (χ1n) is 8.41. The molecule has 2 heterocycles. The maximum Gasteiger partial charge on any atom is 0.407 e. The summed E-state index contributed by atoms with van der Waals surface area (Å²) < 4.78 is 0. The Balaban J connectivity index is 1.80. The molecule has 1 aliphatic heterocycles. The molecule has 1 aliphatic rings. The van der Waals surface area contributed by atoms with Gasteiger partial charge in [-0.25, -0.2) is 9.78 Å². The molecule has 2 aromatic rings. The van der Waals surface area contributed by atoms with Crippen molar-refractivity contribution in [2.45, 2.75) is 19.9 Å². The lowest BCUT2D eigenvalue weighted by Gasteiger charge is -2.26. The molecule has 7 heteroatoms. The molecule has 0 atom stereocenters. The van der Waals surface area contributed by atoms with E-state index in [4.69, 9.17) is 5.11 Å². The van der Waals surface area contributed by atoms with E-state index in [1.54, 1.807) is 12.1 Å². The summed E-state index contributed by atoms with van der Waals surface area (Å²) in [5, 5.41) is 12.0. The zero-order chi connectivity index (χ0) is 18.8. The number of anilines is 2. The van der Waals surface area contributed by atoms with Crippen LogP contribution in [0.3, 0.4) is 0 Å². The molecule has 2 amide bonds. The Morgan fingerprint density at radius 1 is 1.19 bits per heavy atom. The Morgan fingerprint density at radius 2 is 1.96 bits per heavy atom. The van der Waals surface area contributed by atoms with Gasteiger partial charge in [0.15, 0.2) is 0 Å². The summed E-state index contributed by atoms with van der Waals surface area (Å²) in [5.41, 5.74) is 4.10. The van der Waals surface area contributed by atoms with E-state index in [9.17, 15) is 9.59 Å². The average molecular weight is 354 g/mol. The molecule has 0 aliphatic carbocycles. The van der Waals surface area contributed by atoms with Gasteiger partial charge in [-0.2, -0.15) is 0 Å². The van der Waals surface area contributed by atoms with Crippen molar-refractivity contribution in [3.63, 3.8) is 0 Å². The van der Waals surface area contributed by atoms with Gasteiger partial charge in [0.05, 0.1) is 5.56 Å². The van der Waals surface area contributed by atoms with Gasteiger partial charge in [0, 0.05) is 38.6 Å². The number of nitrogens with one attached hydrogen (secondary N) is 1. The van der Waals surface area contributed by atoms with E-state index < -0.39 is 6.09 Å². The number of amides is 2. The van der Waals surface area contributed by atoms with Gasteiger partial charge in [0.1, 0.15) is 5.82 Å². The van der Waals surface area contributed by atoms with Crippen molar-refractivity contribution in [1.82, 2.24) is 9.88 Å². The summed E-state index contributed by atoms with van der Waals surface area (Å²) in [5.74, 6) is 0.404. The van der Waals surface area contributed by atoms with Crippen LogP contribution in [0.25, 0.3) is 0 Å². The van der Waals surface area contributed by atoms with E-state index in [0.717, 1.165) is 16.8 Å². The van der Waals surface area contributed by atoms with Gasteiger partial charge < -0.3 is 20.2 Å². The number of aryl methyl sites for hydroxylation is 1. The van der Waals surface area contributed by atoms with E-state index >= 15 is 0 Å². The van der Waals surface area contributed by atoms with Crippen LogP contribution < -0.4 is 10.2 Å². The number of nitrogens with zero attached hydrogens (tertiary/aromatic N) is 3. The third kappa shape index (κ3) is 3.61. The Kier molecular flexibility index (Phi) is 4.79. The van der Waals surface area contributed by atoms with Crippen molar-refractivity contribution in [2.24, 2.45) is 0 Å². The SMILES string of the molecule is Cc1ccc(C(=O)Nc2ccc3c(c2)CCN(C(=O)O)C3)c(N(C)C)n1. The molecule has 26 heavy (non-hydrogen) atoms. The van der Waals surface area contributed by atoms with Gasteiger partial charge in [-0.3, -0.25) is 4.79 Å². The Labute approximate surface area is 152 Å². The fourth-order valence-corrected chi connectivity index (χ4v) is 3.05. The molecule has 7 nitrogen and oxygen atoms in total. The number of carbonyl (C=O) groups is 2. The second kappa shape index (κ2) is 7.03. The fourth-order valence-electron chi connectivity index (χ4n) is 3.05. The predicted octanol–water partition coefficient (Wildman–Crippen LogP) is 2.74. The highest BCUT2D eigenvalue weighted by Crippen LogP contribution is 2.24. The van der Waals surface area contributed by atoms with Crippen LogP contribution in [-0.4, -0.2) is 47.6 Å². The number of carboxylic acid groups (broad SMARTS) is 1. The van der Waals surface area contributed by atoms with E-state index in [1.165, 1.54) is 4.90 Å². The van der Waals surface area contributed by atoms with Gasteiger partial charge in [-0.05, 0) is 48.7 Å². The third-order valence-corrected chi connectivity index (χ3v) is 4.43. The number of fused-ring (bicyclic) bond motifs is 1. The minimum Gasteiger partial charge on any atom is -0.465 e. The molecular weight excluding hydrogens is 332 g/mol. The first-order chi connectivity index (χ1) is 12.3. The van der Waals surface area contributed by atoms with Crippen LogP contribution in [0, 0.1) is 6.92 Å². The summed E-state index contributed by atoms with van der Waals surface area (Å²) in [6, 6.07) is 9.19. The molecular formula is C19H22N4O3. The minimum absolute atomic E-state index is 0.218. The molecule has 0 fully saturated rings. The number of hydrogen-bond donors (Lipinski definition) is 2. The van der Waals surface area contributed by atoms with Crippen molar-refractivity contribution in [3.05, 3.63) is 52.7 Å². The topological polar surface area (TPSA) is 85.8 Å². The highest BCUT2D eigenvalue weighted by atomic mass is 16.4. The van der Waals surface area contributed by atoms with Crippen LogP contribution in [0.2, 0.25) is 0 Å². The molecule has 0 radical (unpaired) electrons. The summed E-state index contributed by atoms with van der Waals surface area (Å²) in [6.45, 7) is 2.73. The highest BCUT2D eigenvalue weighted by Gasteiger charge is 2.21. The molecule has 0 unspecified atom stereocenters. The van der Waals surface area contributed by atoms with Gasteiger partial charge in [0.2, 0.25) is 0 Å². The number of carbonyl (C=O) groups excluding carboxylic acids is 1. The van der Waals surface area contributed by atoms with E-state index in [0.29, 0.717) is 36.6 Å². The van der Waals surface area contributed by atoms with Crippen molar-refractivity contribution in [3.8, 4) is 0 Å². The third-order valence-electron chi connectivity index (χ3n) is 4.43. The quantitative estimate of drug-likeness (QED) is 0.885. The van der Waals surface area contributed by atoms with Crippen molar-refractivity contribution < 1.29 is 14.7 Å². The maximum atomic E-state index is 12.7. The summed E-state index contributed by atoms with van der Waals surface area (Å²) in [4.78, 5) is 31.4. The van der Waals surface area contributed by atoms with Gasteiger partial charge >= 0.3 is 6.09 Å². The largest absolute Gasteiger partial charge is 0.465 e. The lowest BCUT2D eigenvalue weighted by atomic mass is 9.99. The standard InChI is InChI=1S/C19H22N4O3/c1-12-4-7-16(17(20-12)22(2)3)18(24)21-15-6-5-14-11-23(19(25)26)9-8-13(14)10-15/h4-7,10H,8-9,11H2,1-3H3,(H,21,24)(H,25,26). The zero-order valence-corrected chi connectivity index (χ0v) is 15.1. The fraction of sp³-hybridized carbons (Fsp3) is 0.316. The molecule has 0 saturated heterocycles.